The van der Waals surface area contributed by atoms with Gasteiger partial charge in [0.1, 0.15) is 26.2 Å². The van der Waals surface area contributed by atoms with Gasteiger partial charge in [0.05, 0.1) is 52.9 Å². The smallest absolute Gasteiger partial charge is 0.378 e. The van der Waals surface area contributed by atoms with Crippen molar-refractivity contribution < 1.29 is 27.8 Å². The lowest BCUT2D eigenvalue weighted by molar-refractivity contribution is 0.0907. The second kappa shape index (κ2) is 12.7. The summed E-state index contributed by atoms with van der Waals surface area (Å²) in [4.78, 5) is 23.5. The first-order valence-corrected chi connectivity index (χ1v) is 14.7. The van der Waals surface area contributed by atoms with Gasteiger partial charge in [-0.2, -0.15) is 9.97 Å². The summed E-state index contributed by atoms with van der Waals surface area (Å²) in [5, 5.41) is 0. The van der Waals surface area contributed by atoms with Crippen molar-refractivity contribution in [2.24, 2.45) is 0 Å². The van der Waals surface area contributed by atoms with Crippen molar-refractivity contribution >= 4 is 11.9 Å². The zero-order valence-electron chi connectivity index (χ0n) is 23.7. The number of ether oxygens (including phenoxy) is 4. The number of morpholine rings is 4. The molecule has 0 atom stereocenters. The number of hydrogen-bond acceptors (Lipinski definition) is 12. The fourth-order valence-electron chi connectivity index (χ4n) is 5.26. The predicted octanol–water partition coefficient (Wildman–Crippen LogP) is -0.935. The van der Waals surface area contributed by atoms with Crippen LogP contribution in [0.3, 0.4) is 0 Å². The van der Waals surface area contributed by atoms with Gasteiger partial charge in [0, 0.05) is 47.3 Å². The molecule has 14 heteroatoms. The van der Waals surface area contributed by atoms with Gasteiger partial charge in [-0.15, -0.1) is 0 Å². The third-order valence-electron chi connectivity index (χ3n) is 7.70. The van der Waals surface area contributed by atoms with Gasteiger partial charge >= 0.3 is 23.3 Å². The molecular weight excluding hydrogens is 544 g/mol. The van der Waals surface area contributed by atoms with Crippen molar-refractivity contribution in [2.75, 3.05) is 115 Å². The van der Waals surface area contributed by atoms with Gasteiger partial charge in [-0.25, -0.2) is 9.15 Å². The van der Waals surface area contributed by atoms with Crippen LogP contribution in [0.5, 0.6) is 0 Å². The maximum Gasteiger partial charge on any atom is 0.504 e. The summed E-state index contributed by atoms with van der Waals surface area (Å²) in [5.41, 5.74) is 2.76. The highest BCUT2D eigenvalue weighted by Gasteiger charge is 2.26. The minimum Gasteiger partial charge on any atom is -0.378 e. The number of rotatable bonds is 4. The van der Waals surface area contributed by atoms with E-state index < -0.39 is 0 Å². The highest BCUT2D eigenvalue weighted by Crippen LogP contribution is 2.24. The van der Waals surface area contributed by atoms with E-state index >= 15 is 0 Å². The average molecular weight is 581 g/mol. The molecule has 4 saturated heterocycles. The summed E-state index contributed by atoms with van der Waals surface area (Å²) in [5.74, 6) is 2.28. The van der Waals surface area contributed by atoms with E-state index in [1.165, 1.54) is 0 Å². The Balaban J connectivity index is 1.26. The molecule has 4 fully saturated rings. The third kappa shape index (κ3) is 6.07. The molecule has 14 nitrogen and oxygen atoms in total. The fraction of sp³-hybridized carbons (Fsp3) is 0.571. The van der Waals surface area contributed by atoms with Gasteiger partial charge in [-0.05, 0) is 24.3 Å². The molecule has 222 valence electrons. The summed E-state index contributed by atoms with van der Waals surface area (Å²) in [6.07, 6.45) is 0. The standard InChI is InChI=1S/C28H36N8O6/c1-2-22(24-30-26(34-7-15-38-16-8-34)32-28(42-24)36-11-19-40-20-12-36)4-3-21(1)23-29-25(33-5-13-37-14-6-33)31-27(41-23)35-9-17-39-18-10-35/h1-4H,5-20H2/q+2. The van der Waals surface area contributed by atoms with Crippen molar-refractivity contribution in [3.05, 3.63) is 35.6 Å². The third-order valence-corrected chi connectivity index (χ3v) is 7.70. The molecule has 42 heavy (non-hydrogen) atoms. The predicted molar refractivity (Wildman–Crippen MR) is 151 cm³/mol. The Kier molecular flexibility index (Phi) is 8.17. The molecule has 2 aromatic heterocycles. The van der Waals surface area contributed by atoms with Crippen LogP contribution in [0.1, 0.15) is 0 Å². The van der Waals surface area contributed by atoms with E-state index in [4.69, 9.17) is 47.7 Å². The summed E-state index contributed by atoms with van der Waals surface area (Å²) in [6, 6.07) is 7.92. The Morgan fingerprint density at radius 3 is 1.21 bits per heavy atom. The van der Waals surface area contributed by atoms with Gasteiger partial charge in [0.2, 0.25) is 11.8 Å². The molecular formula is C28H36N8O6+2. The second-order valence-electron chi connectivity index (χ2n) is 10.4. The lowest BCUT2D eigenvalue weighted by atomic mass is 10.1. The second-order valence-corrected chi connectivity index (χ2v) is 10.4. The Hall–Kier alpha value is -3.72. The summed E-state index contributed by atoms with van der Waals surface area (Å²) >= 11 is 0. The molecule has 0 spiro atoms. The molecule has 7 rings (SSSR count). The molecule has 0 aliphatic carbocycles. The quantitative estimate of drug-likeness (QED) is 0.354. The van der Waals surface area contributed by atoms with Crippen LogP contribution >= 0.6 is 0 Å². The van der Waals surface area contributed by atoms with Crippen molar-refractivity contribution in [3.8, 4) is 22.9 Å². The Morgan fingerprint density at radius 2 is 0.833 bits per heavy atom. The van der Waals surface area contributed by atoms with Crippen LogP contribution in [-0.2, 0) is 18.9 Å². The van der Waals surface area contributed by atoms with Crippen molar-refractivity contribution in [2.45, 2.75) is 0 Å². The molecule has 0 unspecified atom stereocenters. The van der Waals surface area contributed by atoms with Crippen LogP contribution in [0.15, 0.2) is 33.1 Å². The van der Waals surface area contributed by atoms with E-state index in [2.05, 4.69) is 19.0 Å². The first-order valence-electron chi connectivity index (χ1n) is 14.7. The Bertz CT molecular complexity index is 1400. The van der Waals surface area contributed by atoms with Crippen LogP contribution in [0.2, 0.25) is 0 Å². The van der Waals surface area contributed by atoms with Crippen LogP contribution in [0, 0.1) is 0 Å². The van der Waals surface area contributed by atoms with E-state index in [1.54, 1.807) is 0 Å². The van der Waals surface area contributed by atoms with E-state index in [9.17, 15) is 0 Å². The SMILES string of the molecule is c1cc(-c2nc(N3CCOCC3)nc(=[N+]3CCOCC3)o2)ccc1-c1nc(N2CCOCC2)nc(=[N+]2CCOCC2)o1. The van der Waals surface area contributed by atoms with Crippen molar-refractivity contribution in [1.29, 1.82) is 0 Å². The van der Waals surface area contributed by atoms with Crippen molar-refractivity contribution in [3.63, 3.8) is 0 Å². The molecule has 0 amide bonds. The summed E-state index contributed by atoms with van der Waals surface area (Å²) in [7, 11) is 0. The summed E-state index contributed by atoms with van der Waals surface area (Å²) in [6.45, 7) is 10.9. The Morgan fingerprint density at radius 1 is 0.476 bits per heavy atom. The van der Waals surface area contributed by atoms with E-state index in [-0.39, 0.29) is 0 Å². The highest BCUT2D eigenvalue weighted by molar-refractivity contribution is 5.62. The lowest BCUT2D eigenvalue weighted by Crippen LogP contribution is -2.43. The molecule has 1 aromatic carbocycles. The summed E-state index contributed by atoms with van der Waals surface area (Å²) < 4.78 is 38.9. The molecule has 0 radical (unpaired) electrons. The zero-order valence-corrected chi connectivity index (χ0v) is 23.7. The fourth-order valence-corrected chi connectivity index (χ4v) is 5.26. The van der Waals surface area contributed by atoms with Crippen molar-refractivity contribution in [1.82, 2.24) is 29.1 Å². The van der Waals surface area contributed by atoms with Gasteiger partial charge in [-0.3, -0.25) is 0 Å². The minimum atomic E-state index is 0.502. The molecule has 0 bridgehead atoms. The first-order chi connectivity index (χ1) is 20.8. The normalized spacial score (nSPS) is 20.2. The molecule has 0 saturated carbocycles. The van der Waals surface area contributed by atoms with Gasteiger partial charge in [0.25, 0.3) is 0 Å². The van der Waals surface area contributed by atoms with Crippen LogP contribution in [-0.4, -0.2) is 125 Å². The number of aromatic nitrogens is 4. The highest BCUT2D eigenvalue weighted by atomic mass is 16.5. The van der Waals surface area contributed by atoms with Gasteiger partial charge < -0.3 is 37.6 Å². The largest absolute Gasteiger partial charge is 0.504 e. The van der Waals surface area contributed by atoms with E-state index in [1.807, 2.05) is 24.3 Å². The van der Waals surface area contributed by atoms with Crippen LogP contribution < -0.4 is 30.3 Å². The van der Waals surface area contributed by atoms with Gasteiger partial charge in [-0.1, -0.05) is 0 Å². The first kappa shape index (κ1) is 27.1. The van der Waals surface area contributed by atoms with Crippen LogP contribution in [0.25, 0.3) is 22.9 Å². The molecule has 4 aliphatic rings. The molecule has 4 aliphatic heterocycles. The van der Waals surface area contributed by atoms with Gasteiger partial charge in [0.15, 0.2) is 0 Å². The minimum absolute atomic E-state index is 0.502. The number of hydrogen-bond donors (Lipinski definition) is 0. The average Bonchev–Trinajstić information content (AvgIpc) is 3.09. The van der Waals surface area contributed by atoms with E-state index in [0.717, 1.165) is 37.3 Å². The zero-order chi connectivity index (χ0) is 28.1. The van der Waals surface area contributed by atoms with E-state index in [0.29, 0.717) is 114 Å². The molecule has 3 aromatic rings. The number of benzene rings is 1. The maximum atomic E-state index is 6.28. The Labute approximate surface area is 242 Å². The van der Waals surface area contributed by atoms with Crippen LogP contribution in [0.4, 0.5) is 11.9 Å². The molecule has 0 N–H and O–H groups in total. The lowest BCUT2D eigenvalue weighted by Gasteiger charge is -2.24. The topological polar surface area (TPSA) is 127 Å². The monoisotopic (exact) mass is 580 g/mol. The number of nitrogens with zero attached hydrogens (tertiary/aromatic N) is 8. The molecule has 6 heterocycles. The maximum absolute atomic E-state index is 6.28. The number of anilines is 2.